The minimum absolute atomic E-state index is 0.146. The fourth-order valence-corrected chi connectivity index (χ4v) is 4.45. The van der Waals surface area contributed by atoms with E-state index in [9.17, 15) is 4.39 Å². The molecule has 1 saturated carbocycles. The molecule has 1 aromatic rings. The molecule has 0 radical (unpaired) electrons. The van der Waals surface area contributed by atoms with Crippen LogP contribution < -0.4 is 10.6 Å². The molecule has 0 aromatic heterocycles. The van der Waals surface area contributed by atoms with Crippen LogP contribution in [0.25, 0.3) is 0 Å². The van der Waals surface area contributed by atoms with Gasteiger partial charge in [-0.3, -0.25) is 4.99 Å². The Labute approximate surface area is 168 Å². The third-order valence-corrected chi connectivity index (χ3v) is 6.17. The molecule has 0 amide bonds. The Morgan fingerprint density at radius 2 is 1.82 bits per heavy atom. The second kappa shape index (κ2) is 10.8. The molecular weight excluding hydrogens is 355 g/mol. The van der Waals surface area contributed by atoms with Gasteiger partial charge in [0.25, 0.3) is 0 Å². The molecule has 2 fully saturated rings. The summed E-state index contributed by atoms with van der Waals surface area (Å²) >= 11 is 0. The SMILES string of the molecule is CN=C(NCC(OC)c1ccc(F)cc1)NC1CCN(C2CCCCC2)CC1. The third kappa shape index (κ3) is 5.92. The molecule has 5 nitrogen and oxygen atoms in total. The average molecular weight is 391 g/mol. The Morgan fingerprint density at radius 3 is 2.43 bits per heavy atom. The summed E-state index contributed by atoms with van der Waals surface area (Å²) in [5, 5.41) is 6.93. The number of guanidine groups is 1. The van der Waals surface area contributed by atoms with Crippen LogP contribution in [0, 0.1) is 5.82 Å². The summed E-state index contributed by atoms with van der Waals surface area (Å²) < 4.78 is 18.7. The van der Waals surface area contributed by atoms with E-state index in [1.165, 1.54) is 57.3 Å². The molecule has 2 aliphatic rings. The first-order valence-corrected chi connectivity index (χ1v) is 10.7. The second-order valence-corrected chi connectivity index (χ2v) is 7.98. The van der Waals surface area contributed by atoms with Crippen LogP contribution in [0.4, 0.5) is 4.39 Å². The van der Waals surface area contributed by atoms with Crippen molar-refractivity contribution in [3.63, 3.8) is 0 Å². The number of methoxy groups -OCH3 is 1. The lowest BCUT2D eigenvalue weighted by molar-refractivity contribution is 0.105. The van der Waals surface area contributed by atoms with Gasteiger partial charge in [-0.05, 0) is 43.4 Å². The highest BCUT2D eigenvalue weighted by Crippen LogP contribution is 2.25. The number of piperidine rings is 1. The molecule has 2 N–H and O–H groups in total. The van der Waals surface area contributed by atoms with E-state index in [2.05, 4.69) is 20.5 Å². The number of ether oxygens (including phenoxy) is 1. The number of hydrogen-bond donors (Lipinski definition) is 2. The van der Waals surface area contributed by atoms with Gasteiger partial charge >= 0.3 is 0 Å². The normalized spacial score (nSPS) is 21.5. The zero-order valence-electron chi connectivity index (χ0n) is 17.3. The number of nitrogens with one attached hydrogen (secondary N) is 2. The van der Waals surface area contributed by atoms with Gasteiger partial charge in [0.1, 0.15) is 5.82 Å². The molecule has 1 saturated heterocycles. The van der Waals surface area contributed by atoms with Crippen molar-refractivity contribution in [1.29, 1.82) is 0 Å². The minimum Gasteiger partial charge on any atom is -0.375 e. The van der Waals surface area contributed by atoms with E-state index in [0.29, 0.717) is 12.6 Å². The van der Waals surface area contributed by atoms with Crippen molar-refractivity contribution in [2.45, 2.75) is 63.1 Å². The van der Waals surface area contributed by atoms with Gasteiger partial charge in [-0.1, -0.05) is 31.4 Å². The zero-order chi connectivity index (χ0) is 19.8. The van der Waals surface area contributed by atoms with Crippen LogP contribution in [-0.2, 0) is 4.74 Å². The molecule has 1 heterocycles. The van der Waals surface area contributed by atoms with Crippen molar-refractivity contribution in [3.8, 4) is 0 Å². The first-order valence-electron chi connectivity index (χ1n) is 10.7. The molecule has 1 atom stereocenters. The molecule has 1 aliphatic heterocycles. The topological polar surface area (TPSA) is 48.9 Å². The van der Waals surface area contributed by atoms with Crippen molar-refractivity contribution in [2.75, 3.05) is 33.8 Å². The van der Waals surface area contributed by atoms with E-state index >= 15 is 0 Å². The molecular formula is C22H35FN4O. The van der Waals surface area contributed by atoms with Crippen molar-refractivity contribution in [1.82, 2.24) is 15.5 Å². The Kier molecular flexibility index (Phi) is 8.10. The third-order valence-electron chi connectivity index (χ3n) is 6.17. The summed E-state index contributed by atoms with van der Waals surface area (Å²) in [7, 11) is 3.47. The summed E-state index contributed by atoms with van der Waals surface area (Å²) in [4.78, 5) is 7.07. The van der Waals surface area contributed by atoms with Crippen molar-refractivity contribution in [2.24, 2.45) is 4.99 Å². The van der Waals surface area contributed by atoms with Crippen molar-refractivity contribution in [3.05, 3.63) is 35.6 Å². The molecule has 1 aliphatic carbocycles. The van der Waals surface area contributed by atoms with Crippen LogP contribution in [0.15, 0.2) is 29.3 Å². The Bertz CT molecular complexity index is 607. The quantitative estimate of drug-likeness (QED) is 0.577. The van der Waals surface area contributed by atoms with E-state index in [4.69, 9.17) is 4.74 Å². The fourth-order valence-electron chi connectivity index (χ4n) is 4.45. The summed E-state index contributed by atoms with van der Waals surface area (Å²) in [5.41, 5.74) is 0.952. The van der Waals surface area contributed by atoms with E-state index in [1.54, 1.807) is 26.3 Å². The van der Waals surface area contributed by atoms with Gasteiger partial charge in [0, 0.05) is 45.9 Å². The number of benzene rings is 1. The monoisotopic (exact) mass is 390 g/mol. The van der Waals surface area contributed by atoms with Gasteiger partial charge in [-0.25, -0.2) is 4.39 Å². The van der Waals surface area contributed by atoms with Gasteiger partial charge in [-0.15, -0.1) is 0 Å². The maximum absolute atomic E-state index is 13.1. The van der Waals surface area contributed by atoms with Crippen LogP contribution >= 0.6 is 0 Å². The van der Waals surface area contributed by atoms with E-state index in [1.807, 2.05) is 0 Å². The van der Waals surface area contributed by atoms with Crippen LogP contribution in [0.3, 0.4) is 0 Å². The number of aliphatic imine (C=N–C) groups is 1. The highest BCUT2D eigenvalue weighted by Gasteiger charge is 2.26. The summed E-state index contributed by atoms with van der Waals surface area (Å²) in [6.45, 7) is 2.94. The molecule has 1 aromatic carbocycles. The molecule has 6 heteroatoms. The average Bonchev–Trinajstić information content (AvgIpc) is 2.75. The van der Waals surface area contributed by atoms with Crippen molar-refractivity contribution < 1.29 is 9.13 Å². The van der Waals surface area contributed by atoms with E-state index in [0.717, 1.165) is 30.4 Å². The summed E-state index contributed by atoms with van der Waals surface area (Å²) in [6, 6.07) is 7.73. The fraction of sp³-hybridized carbons (Fsp3) is 0.682. The number of nitrogens with zero attached hydrogens (tertiary/aromatic N) is 2. The van der Waals surface area contributed by atoms with Crippen molar-refractivity contribution >= 4 is 5.96 Å². The molecule has 1 unspecified atom stereocenters. The maximum Gasteiger partial charge on any atom is 0.191 e. The number of hydrogen-bond acceptors (Lipinski definition) is 3. The van der Waals surface area contributed by atoms with Crippen LogP contribution in [0.2, 0.25) is 0 Å². The standard InChI is InChI=1S/C22H35FN4O/c1-24-22(25-16-21(28-2)17-8-10-18(23)11-9-17)26-19-12-14-27(15-13-19)20-6-4-3-5-7-20/h8-11,19-21H,3-7,12-16H2,1-2H3,(H2,24,25,26). The van der Waals surface area contributed by atoms with Gasteiger partial charge in [0.2, 0.25) is 0 Å². The lowest BCUT2D eigenvalue weighted by Crippen LogP contribution is -2.51. The highest BCUT2D eigenvalue weighted by molar-refractivity contribution is 5.80. The summed E-state index contributed by atoms with van der Waals surface area (Å²) in [5.74, 6) is 0.573. The predicted octanol–water partition coefficient (Wildman–Crippen LogP) is 3.48. The van der Waals surface area contributed by atoms with Gasteiger partial charge in [0.15, 0.2) is 5.96 Å². The number of rotatable bonds is 6. The van der Waals surface area contributed by atoms with Crippen LogP contribution in [0.5, 0.6) is 0 Å². The molecule has 28 heavy (non-hydrogen) atoms. The van der Waals surface area contributed by atoms with Gasteiger partial charge in [-0.2, -0.15) is 0 Å². The molecule has 0 spiro atoms. The Hall–Kier alpha value is -1.66. The maximum atomic E-state index is 13.1. The Morgan fingerprint density at radius 1 is 1.14 bits per heavy atom. The molecule has 156 valence electrons. The first kappa shape index (κ1) is 21.1. The molecule has 3 rings (SSSR count). The van der Waals surface area contributed by atoms with Gasteiger partial charge in [0.05, 0.1) is 6.10 Å². The first-order chi connectivity index (χ1) is 13.7. The van der Waals surface area contributed by atoms with Gasteiger partial charge < -0.3 is 20.3 Å². The molecule has 0 bridgehead atoms. The lowest BCUT2D eigenvalue weighted by atomic mass is 9.92. The van der Waals surface area contributed by atoms with Crippen LogP contribution in [-0.4, -0.2) is 56.7 Å². The number of halogens is 1. The van der Waals surface area contributed by atoms with E-state index < -0.39 is 0 Å². The zero-order valence-corrected chi connectivity index (χ0v) is 17.3. The smallest absolute Gasteiger partial charge is 0.191 e. The lowest BCUT2D eigenvalue weighted by Gasteiger charge is -2.39. The van der Waals surface area contributed by atoms with Crippen LogP contribution in [0.1, 0.15) is 56.6 Å². The Balaban J connectivity index is 1.43. The number of likely N-dealkylation sites (tertiary alicyclic amines) is 1. The predicted molar refractivity (Wildman–Crippen MR) is 112 cm³/mol. The largest absolute Gasteiger partial charge is 0.375 e. The van der Waals surface area contributed by atoms with E-state index in [-0.39, 0.29) is 11.9 Å². The summed E-state index contributed by atoms with van der Waals surface area (Å²) in [6.07, 6.45) is 9.13. The highest BCUT2D eigenvalue weighted by atomic mass is 19.1. The second-order valence-electron chi connectivity index (χ2n) is 7.98. The minimum atomic E-state index is -0.233.